The average Bonchev–Trinajstić information content (AvgIpc) is 1.68. The van der Waals surface area contributed by atoms with E-state index in [0.29, 0.717) is 0 Å². The molecule has 0 heterocycles. The lowest BCUT2D eigenvalue weighted by atomic mass is 10.3. The van der Waals surface area contributed by atoms with Crippen LogP contribution in [0.4, 0.5) is 0 Å². The van der Waals surface area contributed by atoms with Gasteiger partial charge in [0.25, 0.3) is 0 Å². The highest BCUT2D eigenvalue weighted by molar-refractivity contribution is 5.05. The molecule has 40 valence electrons. The van der Waals surface area contributed by atoms with E-state index in [4.69, 9.17) is 5.73 Å². The molecule has 0 rings (SSSR count). The van der Waals surface area contributed by atoms with E-state index in [1.165, 1.54) is 0 Å². The van der Waals surface area contributed by atoms with E-state index in [1.54, 1.807) is 12.2 Å². The van der Waals surface area contributed by atoms with Crippen molar-refractivity contribution in [1.29, 1.82) is 0 Å². The van der Waals surface area contributed by atoms with E-state index < -0.39 is 0 Å². The molecule has 0 atom stereocenters. The van der Waals surface area contributed by atoms with Gasteiger partial charge >= 0.3 is 0 Å². The lowest BCUT2D eigenvalue weighted by Crippen LogP contribution is -1.92. The summed E-state index contributed by atoms with van der Waals surface area (Å²) in [4.78, 5) is 0. The summed E-state index contributed by atoms with van der Waals surface area (Å²) in [7, 11) is 0. The monoisotopic (exact) mass is 97.1 g/mol. The Morgan fingerprint density at radius 3 is 2.57 bits per heavy atom. The Labute approximate surface area is 44.5 Å². The fourth-order valence-corrected chi connectivity index (χ4v) is 0.269. The van der Waals surface area contributed by atoms with Gasteiger partial charge in [0.1, 0.15) is 0 Å². The maximum Gasteiger partial charge on any atom is 0.00774 e. The first kappa shape index (κ1) is 6.28. The largest absolute Gasteiger partial charge is 0.402 e. The van der Waals surface area contributed by atoms with Gasteiger partial charge in [0.05, 0.1) is 0 Å². The molecule has 7 heavy (non-hydrogen) atoms. The van der Waals surface area contributed by atoms with Gasteiger partial charge in [0, 0.05) is 5.70 Å². The maximum atomic E-state index is 5.37. The highest BCUT2D eigenvalue weighted by atomic mass is 14.6. The van der Waals surface area contributed by atoms with Crippen molar-refractivity contribution in [3.63, 3.8) is 0 Å². The number of allylic oxidation sites excluding steroid dienone is 3. The number of rotatable bonds is 2. The summed E-state index contributed by atoms with van der Waals surface area (Å²) < 4.78 is 0. The van der Waals surface area contributed by atoms with Crippen LogP contribution in [0.3, 0.4) is 0 Å². The molecular weight excluding hydrogens is 86.1 g/mol. The normalized spacial score (nSPS) is 11.3. The van der Waals surface area contributed by atoms with Gasteiger partial charge in [-0.15, -0.1) is 0 Å². The summed E-state index contributed by atoms with van der Waals surface area (Å²) in [6, 6.07) is 0. The Bertz CT molecular complexity index is 82.2. The van der Waals surface area contributed by atoms with E-state index in [9.17, 15) is 0 Å². The van der Waals surface area contributed by atoms with Gasteiger partial charge in [-0.2, -0.15) is 0 Å². The minimum Gasteiger partial charge on any atom is -0.402 e. The van der Waals surface area contributed by atoms with E-state index >= 15 is 0 Å². The SMILES string of the molecule is C=C/C=C(\N)CC. The first-order chi connectivity index (χ1) is 3.31. The minimum atomic E-state index is 0.884. The summed E-state index contributed by atoms with van der Waals surface area (Å²) in [5, 5.41) is 0. The molecule has 0 aromatic carbocycles. The molecule has 0 saturated carbocycles. The molecule has 1 nitrogen and oxygen atoms in total. The van der Waals surface area contributed by atoms with Gasteiger partial charge in [-0.25, -0.2) is 0 Å². The zero-order valence-electron chi connectivity index (χ0n) is 4.65. The zero-order valence-corrected chi connectivity index (χ0v) is 4.65. The van der Waals surface area contributed by atoms with E-state index in [1.807, 2.05) is 6.92 Å². The van der Waals surface area contributed by atoms with Crippen LogP contribution in [0.15, 0.2) is 24.4 Å². The third-order valence-electron chi connectivity index (χ3n) is 0.740. The molecule has 0 spiro atoms. The second kappa shape index (κ2) is 3.47. The molecule has 0 fully saturated rings. The molecule has 0 aromatic rings. The van der Waals surface area contributed by atoms with Crippen LogP contribution in [0, 0.1) is 0 Å². The van der Waals surface area contributed by atoms with Crippen LogP contribution < -0.4 is 5.73 Å². The molecule has 0 radical (unpaired) electrons. The fraction of sp³-hybridized carbons (Fsp3) is 0.333. The summed E-state index contributed by atoms with van der Waals surface area (Å²) >= 11 is 0. The second-order valence-electron chi connectivity index (χ2n) is 1.33. The first-order valence-corrected chi connectivity index (χ1v) is 2.38. The van der Waals surface area contributed by atoms with Crippen LogP contribution in [0.2, 0.25) is 0 Å². The molecular formula is C6H11N. The Morgan fingerprint density at radius 2 is 2.43 bits per heavy atom. The third kappa shape index (κ3) is 3.10. The summed E-state index contributed by atoms with van der Waals surface area (Å²) in [6.45, 7) is 5.50. The Balaban J connectivity index is 3.49. The zero-order chi connectivity index (χ0) is 5.70. The Kier molecular flexibility index (Phi) is 3.11. The van der Waals surface area contributed by atoms with E-state index in [2.05, 4.69) is 6.58 Å². The molecule has 0 aromatic heterocycles. The predicted molar refractivity (Wildman–Crippen MR) is 32.8 cm³/mol. The summed E-state index contributed by atoms with van der Waals surface area (Å²) in [6.07, 6.45) is 4.41. The van der Waals surface area contributed by atoms with Crippen LogP contribution in [0.5, 0.6) is 0 Å². The highest BCUT2D eigenvalue weighted by Crippen LogP contribution is 1.87. The highest BCUT2D eigenvalue weighted by Gasteiger charge is 1.75. The predicted octanol–water partition coefficient (Wildman–Crippen LogP) is 1.43. The number of hydrogen-bond acceptors (Lipinski definition) is 1. The van der Waals surface area contributed by atoms with Crippen LogP contribution in [-0.2, 0) is 0 Å². The molecule has 0 saturated heterocycles. The van der Waals surface area contributed by atoms with Crippen molar-refractivity contribution in [2.75, 3.05) is 0 Å². The van der Waals surface area contributed by atoms with Crippen molar-refractivity contribution in [2.24, 2.45) is 5.73 Å². The van der Waals surface area contributed by atoms with Crippen molar-refractivity contribution >= 4 is 0 Å². The van der Waals surface area contributed by atoms with E-state index in [0.717, 1.165) is 12.1 Å². The maximum absolute atomic E-state index is 5.37. The van der Waals surface area contributed by atoms with Crippen molar-refractivity contribution in [2.45, 2.75) is 13.3 Å². The van der Waals surface area contributed by atoms with Gasteiger partial charge < -0.3 is 5.73 Å². The summed E-state index contributed by atoms with van der Waals surface area (Å²) in [5.41, 5.74) is 6.26. The van der Waals surface area contributed by atoms with Gasteiger partial charge in [-0.1, -0.05) is 19.6 Å². The molecule has 1 heteroatoms. The summed E-state index contributed by atoms with van der Waals surface area (Å²) in [5.74, 6) is 0. The molecule has 0 aliphatic heterocycles. The van der Waals surface area contributed by atoms with Crippen LogP contribution in [-0.4, -0.2) is 0 Å². The quantitative estimate of drug-likeness (QED) is 0.518. The van der Waals surface area contributed by atoms with Gasteiger partial charge in [0.2, 0.25) is 0 Å². The van der Waals surface area contributed by atoms with Gasteiger partial charge in [-0.3, -0.25) is 0 Å². The van der Waals surface area contributed by atoms with Gasteiger partial charge in [0.15, 0.2) is 0 Å². The van der Waals surface area contributed by atoms with Crippen molar-refractivity contribution in [3.8, 4) is 0 Å². The number of nitrogens with two attached hydrogens (primary N) is 1. The van der Waals surface area contributed by atoms with Crippen molar-refractivity contribution in [1.82, 2.24) is 0 Å². The third-order valence-corrected chi connectivity index (χ3v) is 0.740. The van der Waals surface area contributed by atoms with Crippen molar-refractivity contribution < 1.29 is 0 Å². The molecule has 0 unspecified atom stereocenters. The lowest BCUT2D eigenvalue weighted by molar-refractivity contribution is 1.07. The molecule has 2 N–H and O–H groups in total. The molecule has 0 bridgehead atoms. The smallest absolute Gasteiger partial charge is 0.00774 e. The lowest BCUT2D eigenvalue weighted by Gasteiger charge is -1.87. The first-order valence-electron chi connectivity index (χ1n) is 2.38. The van der Waals surface area contributed by atoms with Crippen LogP contribution >= 0.6 is 0 Å². The minimum absolute atomic E-state index is 0.884. The second-order valence-corrected chi connectivity index (χ2v) is 1.33. The van der Waals surface area contributed by atoms with Crippen LogP contribution in [0.1, 0.15) is 13.3 Å². The molecule has 0 aliphatic carbocycles. The van der Waals surface area contributed by atoms with Crippen LogP contribution in [0.25, 0.3) is 0 Å². The average molecular weight is 97.2 g/mol. The molecule has 0 amide bonds. The number of hydrogen-bond donors (Lipinski definition) is 1. The van der Waals surface area contributed by atoms with E-state index in [-0.39, 0.29) is 0 Å². The Morgan fingerprint density at radius 1 is 1.86 bits per heavy atom. The fourth-order valence-electron chi connectivity index (χ4n) is 0.269. The topological polar surface area (TPSA) is 26.0 Å². The Hall–Kier alpha value is -0.720. The molecule has 0 aliphatic rings. The standard InChI is InChI=1S/C6H11N/c1-3-5-6(7)4-2/h3,5H,1,4,7H2,2H3/b6-5-. The van der Waals surface area contributed by atoms with Gasteiger partial charge in [-0.05, 0) is 12.5 Å². The van der Waals surface area contributed by atoms with Crippen molar-refractivity contribution in [3.05, 3.63) is 24.4 Å².